The first-order valence-electron chi connectivity index (χ1n) is 6.12. The summed E-state index contributed by atoms with van der Waals surface area (Å²) in [6, 6.07) is 7.96. The van der Waals surface area contributed by atoms with Crippen molar-refractivity contribution in [3.8, 4) is 11.8 Å². The van der Waals surface area contributed by atoms with Gasteiger partial charge >= 0.3 is 0 Å². The van der Waals surface area contributed by atoms with Crippen molar-refractivity contribution in [2.45, 2.75) is 13.8 Å². The predicted molar refractivity (Wildman–Crippen MR) is 77.5 cm³/mol. The van der Waals surface area contributed by atoms with E-state index in [4.69, 9.17) is 11.0 Å². The lowest BCUT2D eigenvalue weighted by Crippen LogP contribution is -2.02. The molecule has 1 heterocycles. The van der Waals surface area contributed by atoms with Crippen LogP contribution < -0.4 is 5.73 Å². The number of nitro benzene ring substituents is 1. The smallest absolute Gasteiger partial charge is 0.269 e. The molecule has 0 saturated carbocycles. The molecule has 0 fully saturated rings. The van der Waals surface area contributed by atoms with Crippen molar-refractivity contribution in [2.75, 3.05) is 0 Å². The summed E-state index contributed by atoms with van der Waals surface area (Å²) in [6.07, 6.45) is 1.26. The van der Waals surface area contributed by atoms with Gasteiger partial charge in [0.25, 0.3) is 5.69 Å². The number of hydrogen-bond acceptors (Lipinski definition) is 5. The third-order valence-corrected chi connectivity index (χ3v) is 3.11. The molecule has 0 bridgehead atoms. The van der Waals surface area contributed by atoms with Gasteiger partial charge in [0.05, 0.1) is 33.8 Å². The number of nitro groups is 1. The molecule has 21 heavy (non-hydrogen) atoms. The zero-order valence-corrected chi connectivity index (χ0v) is 11.6. The Balaban J connectivity index is 2.51. The van der Waals surface area contributed by atoms with Crippen molar-refractivity contribution in [1.82, 2.24) is 9.78 Å². The predicted octanol–water partition coefficient (Wildman–Crippen LogP) is 2.22. The van der Waals surface area contributed by atoms with E-state index in [0.717, 1.165) is 5.69 Å². The largest absolute Gasteiger partial charge is 0.398 e. The second-order valence-corrected chi connectivity index (χ2v) is 4.46. The third kappa shape index (κ3) is 2.60. The summed E-state index contributed by atoms with van der Waals surface area (Å²) in [5.74, 6) is 0. The molecule has 0 aliphatic rings. The van der Waals surface area contributed by atoms with Crippen LogP contribution >= 0.6 is 0 Å². The zero-order chi connectivity index (χ0) is 15.6. The van der Waals surface area contributed by atoms with E-state index in [-0.39, 0.29) is 5.69 Å². The van der Waals surface area contributed by atoms with E-state index >= 15 is 0 Å². The van der Waals surface area contributed by atoms with Gasteiger partial charge in [-0.2, -0.15) is 10.4 Å². The average Bonchev–Trinajstić information content (AvgIpc) is 2.74. The molecule has 106 valence electrons. The quantitative estimate of drug-likeness (QED) is 0.527. The number of benzene rings is 1. The molecule has 2 aromatic rings. The Morgan fingerprint density at radius 2 is 2.05 bits per heavy atom. The number of allylic oxidation sites excluding steroid dienone is 1. The maximum Gasteiger partial charge on any atom is 0.269 e. The van der Waals surface area contributed by atoms with Crippen LogP contribution in [0.15, 0.2) is 30.3 Å². The SMILES string of the molecule is Cc1nn(-c2ccc([N+](=O)[O-])cc2)c(C)c1/C(N)=C/C#N. The Hall–Kier alpha value is -3.14. The molecule has 1 aromatic carbocycles. The molecule has 7 heteroatoms. The zero-order valence-electron chi connectivity index (χ0n) is 11.6. The summed E-state index contributed by atoms with van der Waals surface area (Å²) in [4.78, 5) is 10.2. The van der Waals surface area contributed by atoms with Crippen LogP contribution in [0.1, 0.15) is 17.0 Å². The molecule has 1 aromatic heterocycles. The van der Waals surface area contributed by atoms with Crippen molar-refractivity contribution in [3.63, 3.8) is 0 Å². The van der Waals surface area contributed by atoms with Gasteiger partial charge in [-0.1, -0.05) is 0 Å². The van der Waals surface area contributed by atoms with Gasteiger partial charge in [0, 0.05) is 23.8 Å². The Kier molecular flexibility index (Phi) is 3.71. The lowest BCUT2D eigenvalue weighted by molar-refractivity contribution is -0.384. The Bertz CT molecular complexity index is 766. The molecular formula is C14H13N5O2. The molecule has 0 amide bonds. The van der Waals surface area contributed by atoms with Crippen LogP contribution in [0, 0.1) is 35.3 Å². The Morgan fingerprint density at radius 1 is 1.43 bits per heavy atom. The highest BCUT2D eigenvalue weighted by Gasteiger charge is 2.15. The van der Waals surface area contributed by atoms with Crippen LogP contribution in [0.2, 0.25) is 0 Å². The summed E-state index contributed by atoms with van der Waals surface area (Å²) in [6.45, 7) is 3.62. The summed E-state index contributed by atoms with van der Waals surface area (Å²) < 4.78 is 1.65. The van der Waals surface area contributed by atoms with Gasteiger partial charge in [-0.25, -0.2) is 4.68 Å². The van der Waals surface area contributed by atoms with Gasteiger partial charge < -0.3 is 5.73 Å². The van der Waals surface area contributed by atoms with E-state index in [1.165, 1.54) is 18.2 Å². The Morgan fingerprint density at radius 3 is 2.57 bits per heavy atom. The molecule has 0 spiro atoms. The maximum atomic E-state index is 10.7. The van der Waals surface area contributed by atoms with Crippen molar-refractivity contribution in [1.29, 1.82) is 5.26 Å². The molecule has 0 radical (unpaired) electrons. The molecule has 7 nitrogen and oxygen atoms in total. The standard InChI is InChI=1S/C14H13N5O2/c1-9-14(13(16)7-8-15)10(2)18(17-9)11-3-5-12(6-4-11)19(20)21/h3-7H,16H2,1-2H3/b13-7-. The van der Waals surface area contributed by atoms with Crippen LogP contribution in [0.3, 0.4) is 0 Å². The van der Waals surface area contributed by atoms with Gasteiger partial charge in [0.15, 0.2) is 0 Å². The molecule has 0 aliphatic heterocycles. The second kappa shape index (κ2) is 5.46. The van der Waals surface area contributed by atoms with Gasteiger partial charge in [-0.3, -0.25) is 10.1 Å². The fourth-order valence-corrected chi connectivity index (χ4v) is 2.17. The fraction of sp³-hybridized carbons (Fsp3) is 0.143. The highest BCUT2D eigenvalue weighted by Crippen LogP contribution is 2.23. The number of nitriles is 1. The minimum absolute atomic E-state index is 0.0180. The maximum absolute atomic E-state index is 10.7. The molecule has 0 saturated heterocycles. The van der Waals surface area contributed by atoms with Crippen LogP contribution in [-0.2, 0) is 0 Å². The molecule has 2 rings (SSSR count). The van der Waals surface area contributed by atoms with Gasteiger partial charge in [0.1, 0.15) is 0 Å². The molecule has 0 aliphatic carbocycles. The monoisotopic (exact) mass is 283 g/mol. The second-order valence-electron chi connectivity index (χ2n) is 4.46. The number of nitrogens with two attached hydrogens (primary N) is 1. The van der Waals surface area contributed by atoms with Crippen LogP contribution in [0.25, 0.3) is 11.4 Å². The number of aromatic nitrogens is 2. The lowest BCUT2D eigenvalue weighted by Gasteiger charge is -2.05. The first-order chi connectivity index (χ1) is 9.95. The van der Waals surface area contributed by atoms with Crippen LogP contribution in [0.4, 0.5) is 5.69 Å². The number of aryl methyl sites for hydroxylation is 1. The summed E-state index contributed by atoms with van der Waals surface area (Å²) in [7, 11) is 0. The van der Waals surface area contributed by atoms with Crippen molar-refractivity contribution in [2.24, 2.45) is 5.73 Å². The summed E-state index contributed by atoms with van der Waals surface area (Å²) >= 11 is 0. The minimum atomic E-state index is -0.454. The average molecular weight is 283 g/mol. The molecular weight excluding hydrogens is 270 g/mol. The van der Waals surface area contributed by atoms with Gasteiger partial charge in [0.2, 0.25) is 0 Å². The minimum Gasteiger partial charge on any atom is -0.398 e. The van der Waals surface area contributed by atoms with E-state index < -0.39 is 4.92 Å². The third-order valence-electron chi connectivity index (χ3n) is 3.11. The first-order valence-corrected chi connectivity index (χ1v) is 6.12. The van der Waals surface area contributed by atoms with Crippen LogP contribution in [-0.4, -0.2) is 14.7 Å². The number of non-ortho nitro benzene ring substituents is 1. The lowest BCUT2D eigenvalue weighted by atomic mass is 10.1. The van der Waals surface area contributed by atoms with Crippen molar-refractivity contribution in [3.05, 3.63) is 57.4 Å². The van der Waals surface area contributed by atoms with Gasteiger partial charge in [-0.15, -0.1) is 0 Å². The number of hydrogen-bond donors (Lipinski definition) is 1. The van der Waals surface area contributed by atoms with E-state index in [2.05, 4.69) is 5.10 Å². The van der Waals surface area contributed by atoms with E-state index in [1.807, 2.05) is 13.0 Å². The van der Waals surface area contributed by atoms with E-state index in [9.17, 15) is 10.1 Å². The van der Waals surface area contributed by atoms with Crippen LogP contribution in [0.5, 0.6) is 0 Å². The normalized spacial score (nSPS) is 11.2. The van der Waals surface area contributed by atoms with Crippen molar-refractivity contribution >= 4 is 11.4 Å². The van der Waals surface area contributed by atoms with E-state index in [1.54, 1.807) is 23.7 Å². The van der Waals surface area contributed by atoms with Crippen molar-refractivity contribution < 1.29 is 4.92 Å². The summed E-state index contributed by atoms with van der Waals surface area (Å²) in [5, 5.41) is 23.7. The Labute approximate surface area is 121 Å². The number of rotatable bonds is 3. The topological polar surface area (TPSA) is 111 Å². The highest BCUT2D eigenvalue weighted by atomic mass is 16.6. The highest BCUT2D eigenvalue weighted by molar-refractivity contribution is 5.69. The molecule has 0 unspecified atom stereocenters. The van der Waals surface area contributed by atoms with Gasteiger partial charge in [-0.05, 0) is 26.0 Å². The fourth-order valence-electron chi connectivity index (χ4n) is 2.17. The number of nitrogens with zero attached hydrogens (tertiary/aromatic N) is 4. The molecule has 2 N–H and O–H groups in total. The molecule has 0 atom stereocenters. The summed E-state index contributed by atoms with van der Waals surface area (Å²) in [5.41, 5.74) is 9.08. The first kappa shape index (κ1) is 14.3. The van der Waals surface area contributed by atoms with E-state index in [0.29, 0.717) is 22.6 Å².